The van der Waals surface area contributed by atoms with Crippen LogP contribution in [-0.2, 0) is 10.3 Å². The average molecular weight is 263 g/mol. The predicted octanol–water partition coefficient (Wildman–Crippen LogP) is 3.75. The monoisotopic (exact) mass is 263 g/mol. The molecule has 0 saturated carbocycles. The van der Waals surface area contributed by atoms with Crippen LogP contribution in [0, 0.1) is 0 Å². The van der Waals surface area contributed by atoms with Crippen molar-refractivity contribution in [2.24, 2.45) is 4.99 Å². The smallest absolute Gasteiger partial charge is 0.129 e. The van der Waals surface area contributed by atoms with Crippen molar-refractivity contribution in [3.05, 3.63) is 71.8 Å². The summed E-state index contributed by atoms with van der Waals surface area (Å²) in [5.74, 6) is 0.217. The molecule has 1 aliphatic heterocycles. The summed E-state index contributed by atoms with van der Waals surface area (Å²) < 4.78 is 0. The number of carbonyl (C=O) groups excluding carboxylic acids is 1. The van der Waals surface area contributed by atoms with Gasteiger partial charge in [-0.3, -0.25) is 4.99 Å². The fraction of sp³-hybridized carbons (Fsp3) is 0.222. The summed E-state index contributed by atoms with van der Waals surface area (Å²) in [5, 5.41) is 0. The molecule has 0 saturated heterocycles. The molecule has 20 heavy (non-hydrogen) atoms. The first kappa shape index (κ1) is 12.8. The number of hydrogen-bond acceptors (Lipinski definition) is 2. The van der Waals surface area contributed by atoms with Crippen LogP contribution < -0.4 is 0 Å². The molecule has 1 aliphatic rings. The maximum atomic E-state index is 11.3. The largest absolute Gasteiger partial charge is 0.300 e. The number of carbonyl (C=O) groups is 1. The van der Waals surface area contributed by atoms with E-state index >= 15 is 0 Å². The van der Waals surface area contributed by atoms with Gasteiger partial charge in [-0.05, 0) is 24.5 Å². The van der Waals surface area contributed by atoms with Crippen LogP contribution in [0.3, 0.4) is 0 Å². The Labute approximate surface area is 119 Å². The minimum absolute atomic E-state index is 0.217. The number of ketones is 1. The third-order valence-electron chi connectivity index (χ3n) is 3.78. The number of rotatable bonds is 5. The highest BCUT2D eigenvalue weighted by atomic mass is 16.1. The molecule has 0 radical (unpaired) electrons. The lowest BCUT2D eigenvalue weighted by atomic mass is 9.86. The van der Waals surface area contributed by atoms with Gasteiger partial charge >= 0.3 is 0 Å². The molecule has 0 aliphatic carbocycles. The first-order valence-electron chi connectivity index (χ1n) is 6.93. The maximum Gasteiger partial charge on any atom is 0.129 e. The molecule has 1 heterocycles. The summed E-state index contributed by atoms with van der Waals surface area (Å²) in [6.07, 6.45) is 1.32. The zero-order chi connectivity index (χ0) is 14.0. The minimum Gasteiger partial charge on any atom is -0.300 e. The zero-order valence-corrected chi connectivity index (χ0v) is 11.5. The topological polar surface area (TPSA) is 29.4 Å². The summed E-state index contributed by atoms with van der Waals surface area (Å²) in [6.45, 7) is 1.64. The molecule has 3 rings (SSSR count). The van der Waals surface area contributed by atoms with Crippen LogP contribution in [-0.4, -0.2) is 11.5 Å². The van der Waals surface area contributed by atoms with E-state index in [2.05, 4.69) is 24.3 Å². The Hall–Kier alpha value is -2.22. The zero-order valence-electron chi connectivity index (χ0n) is 11.5. The lowest BCUT2D eigenvalue weighted by Gasteiger charge is -2.15. The number of aliphatic imine (C=N–C) groups is 1. The average Bonchev–Trinajstić information content (AvgIpc) is 3.23. The standard InChI is InChI=1S/C18H17NO/c1-14(20)12-13-18(16-10-6-3-7-11-16)17(19-18)15-8-4-2-5-9-15/h2-11H,12-13H2,1H3. The van der Waals surface area contributed by atoms with Crippen LogP contribution in [0.15, 0.2) is 65.7 Å². The Morgan fingerprint density at radius 3 is 2.20 bits per heavy atom. The second-order valence-corrected chi connectivity index (χ2v) is 5.25. The van der Waals surface area contributed by atoms with Gasteiger partial charge in [0.1, 0.15) is 11.3 Å². The summed E-state index contributed by atoms with van der Waals surface area (Å²) in [5.41, 5.74) is 3.15. The molecule has 2 aromatic carbocycles. The Kier molecular flexibility index (Phi) is 3.23. The quantitative estimate of drug-likeness (QED) is 0.807. The predicted molar refractivity (Wildman–Crippen MR) is 81.0 cm³/mol. The van der Waals surface area contributed by atoms with Gasteiger partial charge in [-0.1, -0.05) is 60.7 Å². The van der Waals surface area contributed by atoms with Crippen molar-refractivity contribution in [1.82, 2.24) is 0 Å². The lowest BCUT2D eigenvalue weighted by Crippen LogP contribution is -2.18. The normalized spacial score (nSPS) is 20.4. The third-order valence-corrected chi connectivity index (χ3v) is 3.78. The fourth-order valence-corrected chi connectivity index (χ4v) is 2.65. The highest BCUT2D eigenvalue weighted by Gasteiger charge is 2.48. The molecule has 0 bridgehead atoms. The fourth-order valence-electron chi connectivity index (χ4n) is 2.65. The highest BCUT2D eigenvalue weighted by Crippen LogP contribution is 2.46. The molecule has 0 N–H and O–H groups in total. The number of nitrogens with zero attached hydrogens (tertiary/aromatic N) is 1. The van der Waals surface area contributed by atoms with Crippen LogP contribution in [0.25, 0.3) is 0 Å². The maximum absolute atomic E-state index is 11.3. The van der Waals surface area contributed by atoms with E-state index in [1.54, 1.807) is 6.92 Å². The van der Waals surface area contributed by atoms with Gasteiger partial charge in [-0.15, -0.1) is 0 Å². The van der Waals surface area contributed by atoms with Crippen LogP contribution in [0.5, 0.6) is 0 Å². The first-order chi connectivity index (χ1) is 9.72. The summed E-state index contributed by atoms with van der Waals surface area (Å²) in [4.78, 5) is 16.1. The molecule has 100 valence electrons. The Balaban J connectivity index is 1.91. The Morgan fingerprint density at radius 1 is 1.00 bits per heavy atom. The molecule has 2 aromatic rings. The van der Waals surface area contributed by atoms with Crippen molar-refractivity contribution in [3.63, 3.8) is 0 Å². The van der Waals surface area contributed by atoms with E-state index in [1.165, 1.54) is 5.56 Å². The molecule has 1 unspecified atom stereocenters. The van der Waals surface area contributed by atoms with Crippen molar-refractivity contribution in [2.45, 2.75) is 25.3 Å². The molecule has 0 fully saturated rings. The molecule has 1 atom stereocenters. The number of hydrogen-bond donors (Lipinski definition) is 0. The van der Waals surface area contributed by atoms with Crippen molar-refractivity contribution in [1.29, 1.82) is 0 Å². The summed E-state index contributed by atoms with van der Waals surface area (Å²) in [6, 6.07) is 20.5. The van der Waals surface area contributed by atoms with Gasteiger partial charge in [-0.25, -0.2) is 0 Å². The van der Waals surface area contributed by atoms with Gasteiger partial charge in [0.15, 0.2) is 0 Å². The Bertz CT molecular complexity index is 646. The van der Waals surface area contributed by atoms with E-state index in [4.69, 9.17) is 4.99 Å². The first-order valence-corrected chi connectivity index (χ1v) is 6.93. The SMILES string of the molecule is CC(=O)CCC1(c2ccccc2)N=C1c1ccccc1. The van der Waals surface area contributed by atoms with Crippen LogP contribution >= 0.6 is 0 Å². The molecule has 2 heteroatoms. The van der Waals surface area contributed by atoms with E-state index in [1.807, 2.05) is 36.4 Å². The number of benzene rings is 2. The Morgan fingerprint density at radius 2 is 1.60 bits per heavy atom. The lowest BCUT2D eigenvalue weighted by molar-refractivity contribution is -0.117. The van der Waals surface area contributed by atoms with Gasteiger partial charge in [0.25, 0.3) is 0 Å². The highest BCUT2D eigenvalue weighted by molar-refractivity contribution is 6.17. The second kappa shape index (κ2) is 5.04. The van der Waals surface area contributed by atoms with Crippen molar-refractivity contribution in [3.8, 4) is 0 Å². The molecular weight excluding hydrogens is 246 g/mol. The molecule has 0 spiro atoms. The van der Waals surface area contributed by atoms with E-state index in [0.29, 0.717) is 6.42 Å². The number of Topliss-reactive ketones (excluding diaryl/α,β-unsaturated/α-hetero) is 1. The summed E-state index contributed by atoms with van der Waals surface area (Å²) in [7, 11) is 0. The van der Waals surface area contributed by atoms with Gasteiger partial charge in [0, 0.05) is 6.42 Å². The molecule has 0 aromatic heterocycles. The van der Waals surface area contributed by atoms with E-state index in [0.717, 1.165) is 17.7 Å². The van der Waals surface area contributed by atoms with Crippen molar-refractivity contribution in [2.75, 3.05) is 0 Å². The van der Waals surface area contributed by atoms with Crippen molar-refractivity contribution < 1.29 is 4.79 Å². The van der Waals surface area contributed by atoms with Crippen molar-refractivity contribution >= 4 is 11.5 Å². The van der Waals surface area contributed by atoms with Crippen LogP contribution in [0.1, 0.15) is 30.9 Å². The van der Waals surface area contributed by atoms with Gasteiger partial charge in [0.2, 0.25) is 0 Å². The molecule has 2 nitrogen and oxygen atoms in total. The van der Waals surface area contributed by atoms with Gasteiger partial charge < -0.3 is 4.79 Å². The van der Waals surface area contributed by atoms with Crippen LogP contribution in [0.4, 0.5) is 0 Å². The van der Waals surface area contributed by atoms with Gasteiger partial charge in [0.05, 0.1) is 5.71 Å². The van der Waals surface area contributed by atoms with E-state index in [9.17, 15) is 4.79 Å². The van der Waals surface area contributed by atoms with E-state index < -0.39 is 0 Å². The molecule has 0 amide bonds. The second-order valence-electron chi connectivity index (χ2n) is 5.25. The minimum atomic E-state index is -0.283. The van der Waals surface area contributed by atoms with Crippen LogP contribution in [0.2, 0.25) is 0 Å². The third kappa shape index (κ3) is 2.29. The summed E-state index contributed by atoms with van der Waals surface area (Å²) >= 11 is 0. The van der Waals surface area contributed by atoms with Gasteiger partial charge in [-0.2, -0.15) is 0 Å². The van der Waals surface area contributed by atoms with E-state index in [-0.39, 0.29) is 11.3 Å². The molecular formula is C18H17NO.